The lowest BCUT2D eigenvalue weighted by Crippen LogP contribution is -2.44. The molecule has 0 bridgehead atoms. The summed E-state index contributed by atoms with van der Waals surface area (Å²) in [5.41, 5.74) is 0.167. The molecule has 1 amide bonds. The average Bonchev–Trinajstić information content (AvgIpc) is 2.44. The summed E-state index contributed by atoms with van der Waals surface area (Å²) in [5.74, 6) is 0.761. The van der Waals surface area contributed by atoms with Gasteiger partial charge in [0.25, 0.3) is 5.91 Å². The molecular weight excluding hydrogens is 256 g/mol. The van der Waals surface area contributed by atoms with Crippen molar-refractivity contribution in [2.75, 3.05) is 13.7 Å². The lowest BCUT2D eigenvalue weighted by molar-refractivity contribution is -0.124. The Labute approximate surface area is 119 Å². The normalized spacial score (nSPS) is 10.6. The fraction of sp³-hybridized carbons (Fsp3) is 0.467. The lowest BCUT2D eigenvalue weighted by atomic mass is 10.0. The maximum absolute atomic E-state index is 11.8. The molecule has 0 heterocycles. The van der Waals surface area contributed by atoms with Crippen molar-refractivity contribution in [3.63, 3.8) is 0 Å². The van der Waals surface area contributed by atoms with E-state index in [0.717, 1.165) is 6.42 Å². The summed E-state index contributed by atoms with van der Waals surface area (Å²) in [4.78, 5) is 11.8. The molecule has 108 valence electrons. The van der Waals surface area contributed by atoms with Crippen LogP contribution in [-0.2, 0) is 4.79 Å². The molecule has 0 radical (unpaired) electrons. The van der Waals surface area contributed by atoms with E-state index in [2.05, 4.69) is 5.32 Å². The van der Waals surface area contributed by atoms with Crippen molar-refractivity contribution in [2.45, 2.75) is 32.7 Å². The zero-order valence-electron chi connectivity index (χ0n) is 12.3. The second kappa shape index (κ2) is 6.80. The Bertz CT molecular complexity index is 518. The third-order valence-corrected chi connectivity index (χ3v) is 2.98. The lowest BCUT2D eigenvalue weighted by Gasteiger charge is -2.24. The molecule has 0 aromatic heterocycles. The quantitative estimate of drug-likeness (QED) is 0.865. The fourth-order valence-electron chi connectivity index (χ4n) is 1.49. The first-order valence-electron chi connectivity index (χ1n) is 6.43. The number of benzene rings is 1. The molecule has 0 saturated heterocycles. The van der Waals surface area contributed by atoms with E-state index in [4.69, 9.17) is 14.7 Å². The smallest absolute Gasteiger partial charge is 0.258 e. The first-order valence-corrected chi connectivity index (χ1v) is 6.43. The van der Waals surface area contributed by atoms with Crippen molar-refractivity contribution in [3.05, 3.63) is 23.8 Å². The van der Waals surface area contributed by atoms with Crippen LogP contribution in [0.4, 0.5) is 0 Å². The van der Waals surface area contributed by atoms with E-state index in [9.17, 15) is 4.79 Å². The van der Waals surface area contributed by atoms with Crippen LogP contribution in [0, 0.1) is 11.3 Å². The van der Waals surface area contributed by atoms with Crippen molar-refractivity contribution in [3.8, 4) is 17.6 Å². The van der Waals surface area contributed by atoms with Gasteiger partial charge in [-0.25, -0.2) is 0 Å². The fourth-order valence-corrected chi connectivity index (χ4v) is 1.49. The number of hydrogen-bond donors (Lipinski definition) is 1. The zero-order chi connectivity index (χ0) is 15.2. The first kappa shape index (κ1) is 15.8. The van der Waals surface area contributed by atoms with E-state index in [1.54, 1.807) is 18.2 Å². The summed E-state index contributed by atoms with van der Waals surface area (Å²) in [6, 6.07) is 6.83. The molecule has 5 nitrogen and oxygen atoms in total. The molecule has 1 aromatic carbocycles. The number of carbonyl (C=O) groups is 1. The Morgan fingerprint density at radius 1 is 1.35 bits per heavy atom. The number of nitriles is 1. The number of rotatable bonds is 6. The van der Waals surface area contributed by atoms with Crippen molar-refractivity contribution >= 4 is 5.91 Å². The third kappa shape index (κ3) is 4.81. The minimum atomic E-state index is -0.257. The maximum Gasteiger partial charge on any atom is 0.258 e. The predicted octanol–water partition coefficient (Wildman–Crippen LogP) is 2.25. The Morgan fingerprint density at radius 2 is 2.00 bits per heavy atom. The number of carbonyl (C=O) groups excluding carboxylic acids is 1. The Balaban J connectivity index is 2.66. The van der Waals surface area contributed by atoms with Gasteiger partial charge in [0.2, 0.25) is 0 Å². The van der Waals surface area contributed by atoms with E-state index in [-0.39, 0.29) is 18.1 Å². The van der Waals surface area contributed by atoms with Crippen LogP contribution in [0.3, 0.4) is 0 Å². The zero-order valence-corrected chi connectivity index (χ0v) is 12.3. The van der Waals surface area contributed by atoms with Gasteiger partial charge in [0.15, 0.2) is 6.61 Å². The minimum absolute atomic E-state index is 0.0958. The molecule has 0 fully saturated rings. The molecular formula is C15H20N2O3. The highest BCUT2D eigenvalue weighted by Gasteiger charge is 2.18. The maximum atomic E-state index is 11.8. The average molecular weight is 276 g/mol. The monoisotopic (exact) mass is 276 g/mol. The molecule has 1 aromatic rings. The van der Waals surface area contributed by atoms with E-state index in [1.165, 1.54) is 7.11 Å². The van der Waals surface area contributed by atoms with Crippen LogP contribution in [0.5, 0.6) is 11.5 Å². The second-order valence-corrected chi connectivity index (χ2v) is 5.08. The van der Waals surface area contributed by atoms with Gasteiger partial charge < -0.3 is 14.8 Å². The standard InChI is InChI=1S/C15H20N2O3/c1-5-15(2,3)17-14(18)10-20-13-7-11(9-16)6-12(8-13)19-4/h6-8H,5,10H2,1-4H3,(H,17,18). The molecule has 0 unspecified atom stereocenters. The molecule has 0 atom stereocenters. The highest BCUT2D eigenvalue weighted by molar-refractivity contribution is 5.78. The van der Waals surface area contributed by atoms with Gasteiger partial charge in [0.05, 0.1) is 18.7 Å². The van der Waals surface area contributed by atoms with Gasteiger partial charge in [-0.2, -0.15) is 5.26 Å². The topological polar surface area (TPSA) is 71.3 Å². The summed E-state index contributed by atoms with van der Waals surface area (Å²) >= 11 is 0. The van der Waals surface area contributed by atoms with Crippen LogP contribution in [0.2, 0.25) is 0 Å². The SMILES string of the molecule is CCC(C)(C)NC(=O)COc1cc(C#N)cc(OC)c1. The molecule has 1 N–H and O–H groups in total. The number of nitrogens with zero attached hydrogens (tertiary/aromatic N) is 1. The number of nitrogens with one attached hydrogen (secondary N) is 1. The van der Waals surface area contributed by atoms with Gasteiger partial charge in [0.1, 0.15) is 11.5 Å². The molecule has 0 aliphatic carbocycles. The molecule has 0 saturated carbocycles. The van der Waals surface area contributed by atoms with Gasteiger partial charge >= 0.3 is 0 Å². The number of ether oxygens (including phenoxy) is 2. The van der Waals surface area contributed by atoms with Crippen LogP contribution in [0.1, 0.15) is 32.8 Å². The largest absolute Gasteiger partial charge is 0.497 e. The van der Waals surface area contributed by atoms with Crippen molar-refractivity contribution in [2.24, 2.45) is 0 Å². The van der Waals surface area contributed by atoms with Gasteiger partial charge in [-0.1, -0.05) is 6.92 Å². The Morgan fingerprint density at radius 3 is 2.55 bits per heavy atom. The van der Waals surface area contributed by atoms with Crippen LogP contribution < -0.4 is 14.8 Å². The van der Waals surface area contributed by atoms with Gasteiger partial charge in [-0.3, -0.25) is 4.79 Å². The summed E-state index contributed by atoms with van der Waals surface area (Å²) in [6.07, 6.45) is 0.830. The van der Waals surface area contributed by atoms with Crippen LogP contribution in [0.15, 0.2) is 18.2 Å². The summed E-state index contributed by atoms with van der Waals surface area (Å²) in [6.45, 7) is 5.80. The van der Waals surface area contributed by atoms with Crippen LogP contribution in [0.25, 0.3) is 0 Å². The Hall–Kier alpha value is -2.22. The van der Waals surface area contributed by atoms with Gasteiger partial charge in [-0.05, 0) is 32.4 Å². The number of methoxy groups -OCH3 is 1. The van der Waals surface area contributed by atoms with Crippen LogP contribution in [-0.4, -0.2) is 25.2 Å². The Kier molecular flexibility index (Phi) is 5.39. The van der Waals surface area contributed by atoms with E-state index in [0.29, 0.717) is 17.1 Å². The molecule has 0 aliphatic rings. The summed E-state index contributed by atoms with van der Waals surface area (Å²) in [7, 11) is 1.51. The summed E-state index contributed by atoms with van der Waals surface area (Å²) in [5, 5.41) is 11.8. The van der Waals surface area contributed by atoms with E-state index < -0.39 is 0 Å². The van der Waals surface area contributed by atoms with E-state index in [1.807, 2.05) is 26.8 Å². The second-order valence-electron chi connectivity index (χ2n) is 5.08. The molecule has 0 spiro atoms. The predicted molar refractivity (Wildman–Crippen MR) is 75.7 cm³/mol. The molecule has 20 heavy (non-hydrogen) atoms. The van der Waals surface area contributed by atoms with Gasteiger partial charge in [-0.15, -0.1) is 0 Å². The van der Waals surface area contributed by atoms with Crippen molar-refractivity contribution < 1.29 is 14.3 Å². The van der Waals surface area contributed by atoms with Gasteiger partial charge in [0, 0.05) is 11.6 Å². The molecule has 5 heteroatoms. The number of hydrogen-bond acceptors (Lipinski definition) is 4. The molecule has 1 rings (SSSR count). The first-order chi connectivity index (χ1) is 9.40. The minimum Gasteiger partial charge on any atom is -0.497 e. The molecule has 0 aliphatic heterocycles. The highest BCUT2D eigenvalue weighted by Crippen LogP contribution is 2.22. The van der Waals surface area contributed by atoms with Crippen molar-refractivity contribution in [1.82, 2.24) is 5.32 Å². The number of amides is 1. The van der Waals surface area contributed by atoms with E-state index >= 15 is 0 Å². The van der Waals surface area contributed by atoms with Crippen LogP contribution >= 0.6 is 0 Å². The third-order valence-electron chi connectivity index (χ3n) is 2.98. The highest BCUT2D eigenvalue weighted by atomic mass is 16.5. The van der Waals surface area contributed by atoms with Crippen molar-refractivity contribution in [1.29, 1.82) is 5.26 Å². The summed E-state index contributed by atoms with van der Waals surface area (Å²) < 4.78 is 10.5.